The van der Waals surface area contributed by atoms with Crippen LogP contribution in [0, 0.1) is 0 Å². The maximum absolute atomic E-state index is 12.2. The summed E-state index contributed by atoms with van der Waals surface area (Å²) in [7, 11) is -3.45. The topological polar surface area (TPSA) is 89.0 Å². The minimum atomic E-state index is -3.45. The Bertz CT molecular complexity index is 699. The van der Waals surface area contributed by atoms with Gasteiger partial charge >= 0.3 is 0 Å². The standard InChI is InChI=1S/C12H11N3O3S/c1-19(17,18)15-11-5-3-2-4-10(11)12(16)9-6-13-8-14-7-9/h2-8,15H,1H3. The molecular formula is C12H11N3O3S. The minimum Gasteiger partial charge on any atom is -0.288 e. The maximum Gasteiger partial charge on any atom is 0.229 e. The fraction of sp³-hybridized carbons (Fsp3) is 0.0833. The number of ketones is 1. The molecule has 0 aliphatic heterocycles. The van der Waals surface area contributed by atoms with Crippen LogP contribution in [0.15, 0.2) is 43.0 Å². The molecule has 0 fully saturated rings. The van der Waals surface area contributed by atoms with Gasteiger partial charge < -0.3 is 0 Å². The summed E-state index contributed by atoms with van der Waals surface area (Å²) in [6.07, 6.45) is 5.11. The summed E-state index contributed by atoms with van der Waals surface area (Å²) in [5.74, 6) is -0.340. The van der Waals surface area contributed by atoms with Crippen LogP contribution in [-0.4, -0.2) is 30.4 Å². The molecule has 1 heterocycles. The number of sulfonamides is 1. The van der Waals surface area contributed by atoms with Crippen LogP contribution in [0.25, 0.3) is 0 Å². The Hall–Kier alpha value is -2.28. The van der Waals surface area contributed by atoms with Gasteiger partial charge in [-0.15, -0.1) is 0 Å². The highest BCUT2D eigenvalue weighted by Crippen LogP contribution is 2.19. The Morgan fingerprint density at radius 1 is 1.16 bits per heavy atom. The van der Waals surface area contributed by atoms with Crippen LogP contribution in [0.2, 0.25) is 0 Å². The molecular weight excluding hydrogens is 266 g/mol. The molecule has 6 nitrogen and oxygen atoms in total. The van der Waals surface area contributed by atoms with Crippen molar-refractivity contribution >= 4 is 21.5 Å². The molecule has 2 rings (SSSR count). The van der Waals surface area contributed by atoms with Crippen LogP contribution in [-0.2, 0) is 10.0 Å². The van der Waals surface area contributed by atoms with Crippen molar-refractivity contribution in [1.29, 1.82) is 0 Å². The Morgan fingerprint density at radius 3 is 2.42 bits per heavy atom. The molecule has 0 unspecified atom stereocenters. The number of para-hydroxylation sites is 1. The van der Waals surface area contributed by atoms with Gasteiger partial charge in [0.2, 0.25) is 10.0 Å². The second-order valence-corrected chi connectivity index (χ2v) is 5.62. The van der Waals surface area contributed by atoms with Gasteiger partial charge in [-0.1, -0.05) is 12.1 Å². The van der Waals surface area contributed by atoms with E-state index in [0.29, 0.717) is 5.56 Å². The third-order valence-electron chi connectivity index (χ3n) is 2.29. The number of aromatic nitrogens is 2. The van der Waals surface area contributed by atoms with Crippen LogP contribution >= 0.6 is 0 Å². The number of hydrogen-bond acceptors (Lipinski definition) is 5. The van der Waals surface area contributed by atoms with Crippen molar-refractivity contribution in [2.75, 3.05) is 11.0 Å². The van der Waals surface area contributed by atoms with Crippen LogP contribution in [0.1, 0.15) is 15.9 Å². The van der Waals surface area contributed by atoms with Crippen molar-refractivity contribution < 1.29 is 13.2 Å². The Kier molecular flexibility index (Phi) is 3.57. The fourth-order valence-electron chi connectivity index (χ4n) is 1.54. The molecule has 98 valence electrons. The van der Waals surface area contributed by atoms with Crippen molar-refractivity contribution in [1.82, 2.24) is 9.97 Å². The van der Waals surface area contributed by atoms with Gasteiger partial charge in [0.15, 0.2) is 5.78 Å². The average Bonchev–Trinajstić information content (AvgIpc) is 2.38. The SMILES string of the molecule is CS(=O)(=O)Nc1ccccc1C(=O)c1cncnc1. The molecule has 1 N–H and O–H groups in total. The molecule has 0 saturated carbocycles. The van der Waals surface area contributed by atoms with Gasteiger partial charge in [-0.2, -0.15) is 0 Å². The monoisotopic (exact) mass is 277 g/mol. The summed E-state index contributed by atoms with van der Waals surface area (Å²) >= 11 is 0. The normalized spacial score (nSPS) is 11.0. The highest BCUT2D eigenvalue weighted by Gasteiger charge is 2.15. The maximum atomic E-state index is 12.2. The van der Waals surface area contributed by atoms with E-state index in [9.17, 15) is 13.2 Å². The third-order valence-corrected chi connectivity index (χ3v) is 2.88. The quantitative estimate of drug-likeness (QED) is 0.845. The van der Waals surface area contributed by atoms with Crippen molar-refractivity contribution in [3.05, 3.63) is 54.1 Å². The molecule has 19 heavy (non-hydrogen) atoms. The number of hydrogen-bond donors (Lipinski definition) is 1. The number of rotatable bonds is 4. The largest absolute Gasteiger partial charge is 0.288 e. The molecule has 2 aromatic rings. The van der Waals surface area contributed by atoms with Gasteiger partial charge in [0, 0.05) is 18.0 Å². The molecule has 0 saturated heterocycles. The predicted molar refractivity (Wildman–Crippen MR) is 70.4 cm³/mol. The molecule has 0 bridgehead atoms. The highest BCUT2D eigenvalue weighted by molar-refractivity contribution is 7.92. The first-order valence-corrected chi connectivity index (χ1v) is 7.23. The van der Waals surface area contributed by atoms with Crippen LogP contribution in [0.3, 0.4) is 0 Å². The second kappa shape index (κ2) is 5.15. The van der Waals surface area contributed by atoms with Gasteiger partial charge in [-0.3, -0.25) is 9.52 Å². The molecule has 0 amide bonds. The van der Waals surface area contributed by atoms with E-state index < -0.39 is 10.0 Å². The lowest BCUT2D eigenvalue weighted by molar-refractivity contribution is 0.103. The van der Waals surface area contributed by atoms with Gasteiger partial charge in [-0.25, -0.2) is 18.4 Å². The first-order valence-electron chi connectivity index (χ1n) is 5.34. The Morgan fingerprint density at radius 2 is 1.79 bits per heavy atom. The molecule has 0 atom stereocenters. The van der Waals surface area contributed by atoms with E-state index >= 15 is 0 Å². The molecule has 0 aliphatic carbocycles. The summed E-state index contributed by atoms with van der Waals surface area (Å²) in [4.78, 5) is 19.8. The van der Waals surface area contributed by atoms with Crippen molar-refractivity contribution in [3.8, 4) is 0 Å². The summed E-state index contributed by atoms with van der Waals surface area (Å²) in [5.41, 5.74) is 0.784. The lowest BCUT2D eigenvalue weighted by Crippen LogP contribution is -2.13. The zero-order valence-corrected chi connectivity index (χ0v) is 10.9. The molecule has 0 aliphatic rings. The van der Waals surface area contributed by atoms with Gasteiger partial charge in [0.1, 0.15) is 6.33 Å². The van der Waals surface area contributed by atoms with Crippen molar-refractivity contribution in [2.45, 2.75) is 0 Å². The van der Waals surface area contributed by atoms with Crippen LogP contribution in [0.5, 0.6) is 0 Å². The fourth-order valence-corrected chi connectivity index (χ4v) is 2.12. The molecule has 1 aromatic carbocycles. The van der Waals surface area contributed by atoms with E-state index in [1.54, 1.807) is 18.2 Å². The van der Waals surface area contributed by atoms with E-state index in [1.807, 2.05) is 0 Å². The Labute approximate surface area is 110 Å². The third kappa shape index (κ3) is 3.35. The van der Waals surface area contributed by atoms with Crippen molar-refractivity contribution in [2.24, 2.45) is 0 Å². The molecule has 7 heteroatoms. The number of carbonyl (C=O) groups excluding carboxylic acids is 1. The summed E-state index contributed by atoms with van der Waals surface area (Å²) in [6, 6.07) is 6.37. The number of nitrogens with zero attached hydrogens (tertiary/aromatic N) is 2. The smallest absolute Gasteiger partial charge is 0.229 e. The van der Waals surface area contributed by atoms with Crippen LogP contribution in [0.4, 0.5) is 5.69 Å². The van der Waals surface area contributed by atoms with E-state index in [0.717, 1.165) is 6.26 Å². The summed E-state index contributed by atoms with van der Waals surface area (Å²) in [6.45, 7) is 0. The number of carbonyl (C=O) groups is 1. The van der Waals surface area contributed by atoms with Gasteiger partial charge in [0.05, 0.1) is 17.5 Å². The highest BCUT2D eigenvalue weighted by atomic mass is 32.2. The van der Waals surface area contributed by atoms with E-state index in [4.69, 9.17) is 0 Å². The first-order chi connectivity index (χ1) is 8.97. The van der Waals surface area contributed by atoms with Gasteiger partial charge in [-0.05, 0) is 12.1 Å². The second-order valence-electron chi connectivity index (χ2n) is 3.88. The predicted octanol–water partition coefficient (Wildman–Crippen LogP) is 1.08. The number of anilines is 1. The summed E-state index contributed by atoms with van der Waals surface area (Å²) in [5, 5.41) is 0. The lowest BCUT2D eigenvalue weighted by Gasteiger charge is -2.09. The number of benzene rings is 1. The van der Waals surface area contributed by atoms with E-state index in [2.05, 4.69) is 14.7 Å². The number of nitrogens with one attached hydrogen (secondary N) is 1. The zero-order valence-electron chi connectivity index (χ0n) is 10.1. The molecule has 1 aromatic heterocycles. The zero-order chi connectivity index (χ0) is 13.9. The van der Waals surface area contributed by atoms with Gasteiger partial charge in [0.25, 0.3) is 0 Å². The molecule has 0 spiro atoms. The summed E-state index contributed by atoms with van der Waals surface area (Å²) < 4.78 is 24.8. The first kappa shape index (κ1) is 13.2. The Balaban J connectivity index is 2.43. The molecule has 0 radical (unpaired) electrons. The van der Waals surface area contributed by atoms with Crippen molar-refractivity contribution in [3.63, 3.8) is 0 Å². The minimum absolute atomic E-state index is 0.235. The van der Waals surface area contributed by atoms with E-state index in [1.165, 1.54) is 24.8 Å². The van der Waals surface area contributed by atoms with E-state index in [-0.39, 0.29) is 17.0 Å². The van der Waals surface area contributed by atoms with Crippen LogP contribution < -0.4 is 4.72 Å². The average molecular weight is 277 g/mol. The lowest BCUT2D eigenvalue weighted by atomic mass is 10.0.